The molecule has 0 saturated carbocycles. The van der Waals surface area contributed by atoms with Crippen molar-refractivity contribution >= 4 is 43.6 Å². The van der Waals surface area contributed by atoms with Crippen LogP contribution >= 0.6 is 0 Å². The van der Waals surface area contributed by atoms with E-state index in [1.807, 2.05) is 84.9 Å². The second-order valence-corrected chi connectivity index (χ2v) is 10.7. The standard InChI is InChI=1S/C39H21N5/c40-22-25-16-18-37-32(20-25)29-10-2-5-14-35(29)43(37)34-13-4-1-9-28(34)31-12-7-8-27(24-42)39(31)44-36-15-6-3-11-30(36)33-21-26(23-41)17-19-38(33)44/h1-21H. The minimum atomic E-state index is 0.546. The fourth-order valence-electron chi connectivity index (χ4n) is 6.57. The lowest BCUT2D eigenvalue weighted by Gasteiger charge is -2.19. The van der Waals surface area contributed by atoms with Crippen LogP contribution in [0.3, 0.4) is 0 Å². The maximum absolute atomic E-state index is 10.5. The van der Waals surface area contributed by atoms with E-state index in [1.54, 1.807) is 0 Å². The van der Waals surface area contributed by atoms with E-state index in [0.29, 0.717) is 16.7 Å². The highest BCUT2D eigenvalue weighted by atomic mass is 15.0. The smallest absolute Gasteiger partial charge is 0.101 e. The number of aromatic nitrogens is 2. The predicted octanol–water partition coefficient (Wildman–Crippen LogP) is 9.16. The molecular weight excluding hydrogens is 538 g/mol. The van der Waals surface area contributed by atoms with Crippen molar-refractivity contribution in [3.8, 4) is 40.7 Å². The summed E-state index contributed by atoms with van der Waals surface area (Å²) in [4.78, 5) is 0. The van der Waals surface area contributed by atoms with Crippen molar-refractivity contribution in [1.29, 1.82) is 15.8 Å². The molecule has 0 atom stereocenters. The van der Waals surface area contributed by atoms with Crippen LogP contribution in [0.2, 0.25) is 0 Å². The molecule has 0 aliphatic carbocycles. The molecule has 5 nitrogen and oxygen atoms in total. The van der Waals surface area contributed by atoms with E-state index in [4.69, 9.17) is 0 Å². The molecule has 5 heteroatoms. The zero-order valence-electron chi connectivity index (χ0n) is 23.4. The third-order valence-corrected chi connectivity index (χ3v) is 8.42. The average molecular weight is 560 g/mol. The van der Waals surface area contributed by atoms with Crippen LogP contribution in [-0.4, -0.2) is 9.13 Å². The Kier molecular flexibility index (Phi) is 5.56. The van der Waals surface area contributed by atoms with Gasteiger partial charge in [-0.15, -0.1) is 0 Å². The molecular formula is C39H21N5. The van der Waals surface area contributed by atoms with Crippen molar-refractivity contribution < 1.29 is 0 Å². The maximum atomic E-state index is 10.5. The Balaban J connectivity index is 1.49. The molecule has 2 aromatic heterocycles. The predicted molar refractivity (Wildman–Crippen MR) is 175 cm³/mol. The highest BCUT2D eigenvalue weighted by molar-refractivity contribution is 6.12. The van der Waals surface area contributed by atoms with E-state index in [0.717, 1.165) is 66.1 Å². The summed E-state index contributed by atoms with van der Waals surface area (Å²) < 4.78 is 4.40. The number of hydrogen-bond acceptors (Lipinski definition) is 3. The van der Waals surface area contributed by atoms with Crippen molar-refractivity contribution in [2.24, 2.45) is 0 Å². The van der Waals surface area contributed by atoms with E-state index in [9.17, 15) is 15.8 Å². The van der Waals surface area contributed by atoms with Crippen LogP contribution < -0.4 is 0 Å². The molecule has 6 aromatic carbocycles. The van der Waals surface area contributed by atoms with Crippen LogP contribution in [0, 0.1) is 34.0 Å². The summed E-state index contributed by atoms with van der Waals surface area (Å²) in [5, 5.41) is 33.8. The van der Waals surface area contributed by atoms with Crippen LogP contribution in [0.25, 0.3) is 66.1 Å². The summed E-state index contributed by atoms with van der Waals surface area (Å²) in [6.07, 6.45) is 0. The van der Waals surface area contributed by atoms with Gasteiger partial charge in [0.25, 0.3) is 0 Å². The van der Waals surface area contributed by atoms with Crippen LogP contribution in [0.1, 0.15) is 16.7 Å². The van der Waals surface area contributed by atoms with Gasteiger partial charge in [-0.2, -0.15) is 15.8 Å². The summed E-state index contributed by atoms with van der Waals surface area (Å²) in [5.74, 6) is 0. The van der Waals surface area contributed by atoms with Gasteiger partial charge < -0.3 is 9.13 Å². The topological polar surface area (TPSA) is 81.2 Å². The second kappa shape index (κ2) is 9.74. The first-order valence-electron chi connectivity index (χ1n) is 14.2. The second-order valence-electron chi connectivity index (χ2n) is 10.7. The van der Waals surface area contributed by atoms with Crippen molar-refractivity contribution in [3.63, 3.8) is 0 Å². The van der Waals surface area contributed by atoms with E-state index < -0.39 is 0 Å². The van der Waals surface area contributed by atoms with Crippen molar-refractivity contribution in [3.05, 3.63) is 144 Å². The molecule has 0 bridgehead atoms. The molecule has 2 heterocycles. The van der Waals surface area contributed by atoms with Gasteiger partial charge in [-0.25, -0.2) is 0 Å². The van der Waals surface area contributed by atoms with E-state index in [1.165, 1.54) is 0 Å². The average Bonchev–Trinajstić information content (AvgIpc) is 3.59. The van der Waals surface area contributed by atoms with Crippen LogP contribution in [0.4, 0.5) is 0 Å². The van der Waals surface area contributed by atoms with Gasteiger partial charge in [0.1, 0.15) is 6.07 Å². The summed E-state index contributed by atoms with van der Waals surface area (Å²) in [5.41, 5.74) is 9.28. The van der Waals surface area contributed by atoms with Gasteiger partial charge >= 0.3 is 0 Å². The van der Waals surface area contributed by atoms with Gasteiger partial charge in [-0.05, 0) is 60.7 Å². The van der Waals surface area contributed by atoms with Gasteiger partial charge in [-0.1, -0.05) is 66.7 Å². The lowest BCUT2D eigenvalue weighted by molar-refractivity contribution is 1.15. The molecule has 0 aliphatic rings. The Morgan fingerprint density at radius 2 is 0.932 bits per heavy atom. The number of nitriles is 3. The van der Waals surface area contributed by atoms with Gasteiger partial charge in [0, 0.05) is 32.7 Å². The summed E-state index contributed by atoms with van der Waals surface area (Å²) in [6, 6.07) is 49.0. The molecule has 0 amide bonds. The number of nitrogens with zero attached hydrogens (tertiary/aromatic N) is 5. The Bertz CT molecular complexity index is 2600. The number of fused-ring (bicyclic) bond motifs is 6. The number of benzene rings is 6. The molecule has 0 aliphatic heterocycles. The highest BCUT2D eigenvalue weighted by Crippen LogP contribution is 2.41. The molecule has 0 radical (unpaired) electrons. The van der Waals surface area contributed by atoms with Crippen LogP contribution in [0.15, 0.2) is 127 Å². The first kappa shape index (κ1) is 25.1. The Morgan fingerprint density at radius 1 is 0.409 bits per heavy atom. The summed E-state index contributed by atoms with van der Waals surface area (Å²) in [6.45, 7) is 0. The van der Waals surface area contributed by atoms with E-state index in [2.05, 4.69) is 69.8 Å². The number of hydrogen-bond donors (Lipinski definition) is 0. The van der Waals surface area contributed by atoms with Crippen molar-refractivity contribution in [2.75, 3.05) is 0 Å². The van der Waals surface area contributed by atoms with Crippen molar-refractivity contribution in [1.82, 2.24) is 9.13 Å². The first-order chi connectivity index (χ1) is 21.7. The van der Waals surface area contributed by atoms with E-state index in [-0.39, 0.29) is 0 Å². The lowest BCUT2D eigenvalue weighted by Crippen LogP contribution is -2.03. The van der Waals surface area contributed by atoms with Crippen LogP contribution in [-0.2, 0) is 0 Å². The third kappa shape index (κ3) is 3.56. The zero-order chi connectivity index (χ0) is 29.8. The molecule has 0 unspecified atom stereocenters. The molecule has 0 spiro atoms. The van der Waals surface area contributed by atoms with Gasteiger partial charge in [0.2, 0.25) is 0 Å². The maximum Gasteiger partial charge on any atom is 0.101 e. The molecule has 202 valence electrons. The van der Waals surface area contributed by atoms with Gasteiger partial charge in [0.15, 0.2) is 0 Å². The van der Waals surface area contributed by atoms with E-state index >= 15 is 0 Å². The fourth-order valence-corrected chi connectivity index (χ4v) is 6.57. The highest BCUT2D eigenvalue weighted by Gasteiger charge is 2.22. The Morgan fingerprint density at radius 3 is 1.57 bits per heavy atom. The number of rotatable bonds is 3. The minimum absolute atomic E-state index is 0.546. The molecule has 0 saturated heterocycles. The molecule has 8 rings (SSSR count). The third-order valence-electron chi connectivity index (χ3n) is 8.42. The SMILES string of the molecule is N#Cc1ccc2c(c1)c1ccccc1n2-c1ccccc1-c1cccc(C#N)c1-n1c2ccccc2c2cc(C#N)ccc21. The normalized spacial score (nSPS) is 11.1. The number of para-hydroxylation sites is 4. The molecule has 44 heavy (non-hydrogen) atoms. The van der Waals surface area contributed by atoms with Crippen molar-refractivity contribution in [2.45, 2.75) is 0 Å². The van der Waals surface area contributed by atoms with Gasteiger partial charge in [-0.3, -0.25) is 0 Å². The Hall–Kier alpha value is -6.61. The van der Waals surface area contributed by atoms with Gasteiger partial charge in [0.05, 0.1) is 62.3 Å². The summed E-state index contributed by atoms with van der Waals surface area (Å²) >= 11 is 0. The lowest BCUT2D eigenvalue weighted by atomic mass is 9.98. The molecule has 8 aromatic rings. The summed E-state index contributed by atoms with van der Waals surface area (Å²) in [7, 11) is 0. The Labute approximate surface area is 252 Å². The largest absolute Gasteiger partial charge is 0.309 e. The quantitative estimate of drug-likeness (QED) is 0.216. The zero-order valence-corrected chi connectivity index (χ0v) is 23.4. The first-order valence-corrected chi connectivity index (χ1v) is 14.2. The molecule has 0 fully saturated rings. The van der Waals surface area contributed by atoms with Crippen LogP contribution in [0.5, 0.6) is 0 Å². The monoisotopic (exact) mass is 559 g/mol. The fraction of sp³-hybridized carbons (Fsp3) is 0. The molecule has 0 N–H and O–H groups in total. The minimum Gasteiger partial charge on any atom is -0.309 e.